The van der Waals surface area contributed by atoms with Crippen LogP contribution in [0.3, 0.4) is 0 Å². The number of imide groups is 1. The zero-order valence-electron chi connectivity index (χ0n) is 18.6. The summed E-state index contributed by atoms with van der Waals surface area (Å²) in [5, 5.41) is 0.917. The molecule has 0 aromatic heterocycles. The average molecular weight is 453 g/mol. The van der Waals surface area contributed by atoms with Gasteiger partial charge in [-0.1, -0.05) is 72.8 Å². The van der Waals surface area contributed by atoms with Gasteiger partial charge in [-0.2, -0.15) is 5.01 Å². The Hall–Kier alpha value is -4.19. The maximum Gasteiger partial charge on any atom is 0.270 e. The van der Waals surface area contributed by atoms with Crippen molar-refractivity contribution in [3.05, 3.63) is 114 Å². The van der Waals surface area contributed by atoms with Gasteiger partial charge in [-0.15, -0.1) is 0 Å². The van der Waals surface area contributed by atoms with Crippen LogP contribution in [0.1, 0.15) is 33.3 Å². The molecule has 0 spiro atoms. The lowest BCUT2D eigenvalue weighted by atomic mass is 9.68. The standard InChI is InChI=1S/C28H24N2O4/c1-34-21-14-12-20(13-15-21)26(31)29-30-27(32)24-22(18-8-4-2-5-9-18)16-17-23(25(24)28(30)33)19-10-6-3-7-11-19/h2-17,22-25H,1H3,(H,29,31)/t22-,23+,24-,25-/m0/s1. The van der Waals surface area contributed by atoms with E-state index in [1.807, 2.05) is 72.8 Å². The van der Waals surface area contributed by atoms with E-state index in [0.717, 1.165) is 16.1 Å². The van der Waals surface area contributed by atoms with E-state index >= 15 is 0 Å². The average Bonchev–Trinajstić information content (AvgIpc) is 3.14. The molecule has 0 unspecified atom stereocenters. The van der Waals surface area contributed by atoms with E-state index in [-0.39, 0.29) is 11.8 Å². The minimum Gasteiger partial charge on any atom is -0.497 e. The number of fused-ring (bicyclic) bond motifs is 1. The predicted molar refractivity (Wildman–Crippen MR) is 127 cm³/mol. The van der Waals surface area contributed by atoms with Crippen LogP contribution < -0.4 is 10.2 Å². The molecule has 6 nitrogen and oxygen atoms in total. The number of ether oxygens (including phenoxy) is 1. The molecule has 170 valence electrons. The molecule has 1 aliphatic carbocycles. The summed E-state index contributed by atoms with van der Waals surface area (Å²) in [4.78, 5) is 40.1. The first-order chi connectivity index (χ1) is 16.6. The molecule has 3 aromatic carbocycles. The molecule has 6 heteroatoms. The van der Waals surface area contributed by atoms with E-state index in [2.05, 4.69) is 5.43 Å². The van der Waals surface area contributed by atoms with Crippen LogP contribution in [-0.4, -0.2) is 29.8 Å². The molecule has 5 rings (SSSR count). The Bertz CT molecular complexity index is 1170. The molecule has 2 aliphatic rings. The Morgan fingerprint density at radius 1 is 0.735 bits per heavy atom. The molecular weight excluding hydrogens is 428 g/mol. The fourth-order valence-corrected chi connectivity index (χ4v) is 4.95. The van der Waals surface area contributed by atoms with Crippen molar-refractivity contribution in [1.82, 2.24) is 10.4 Å². The highest BCUT2D eigenvalue weighted by Gasteiger charge is 2.55. The first-order valence-electron chi connectivity index (χ1n) is 11.2. The van der Waals surface area contributed by atoms with Crippen LogP contribution in [0.4, 0.5) is 0 Å². The van der Waals surface area contributed by atoms with Gasteiger partial charge in [0, 0.05) is 17.4 Å². The smallest absolute Gasteiger partial charge is 0.270 e. The third kappa shape index (κ3) is 3.77. The van der Waals surface area contributed by atoms with Crippen molar-refractivity contribution in [3.8, 4) is 5.75 Å². The van der Waals surface area contributed by atoms with Crippen molar-refractivity contribution >= 4 is 17.7 Å². The zero-order chi connectivity index (χ0) is 23.7. The number of methoxy groups -OCH3 is 1. The number of benzene rings is 3. The fraction of sp³-hybridized carbons (Fsp3) is 0.179. The van der Waals surface area contributed by atoms with Gasteiger partial charge in [-0.05, 0) is 35.4 Å². The van der Waals surface area contributed by atoms with Gasteiger partial charge in [-0.3, -0.25) is 19.8 Å². The lowest BCUT2D eigenvalue weighted by Gasteiger charge is -2.32. The number of hydrazine groups is 1. The van der Waals surface area contributed by atoms with Crippen LogP contribution in [-0.2, 0) is 9.59 Å². The van der Waals surface area contributed by atoms with Crippen LogP contribution in [0.5, 0.6) is 5.75 Å². The fourth-order valence-electron chi connectivity index (χ4n) is 4.95. The summed E-state index contributed by atoms with van der Waals surface area (Å²) < 4.78 is 5.13. The Kier molecular flexibility index (Phi) is 5.72. The van der Waals surface area contributed by atoms with Crippen LogP contribution >= 0.6 is 0 Å². The number of rotatable bonds is 5. The maximum absolute atomic E-state index is 13.6. The molecule has 1 N–H and O–H groups in total. The minimum atomic E-state index is -0.610. The van der Waals surface area contributed by atoms with Crippen LogP contribution in [0.2, 0.25) is 0 Å². The number of carbonyl (C=O) groups is 3. The molecule has 1 heterocycles. The number of amides is 3. The number of carbonyl (C=O) groups excluding carboxylic acids is 3. The first-order valence-corrected chi connectivity index (χ1v) is 11.2. The number of allylic oxidation sites excluding steroid dienone is 2. The monoisotopic (exact) mass is 452 g/mol. The molecule has 0 radical (unpaired) electrons. The minimum absolute atomic E-state index is 0.259. The highest BCUT2D eigenvalue weighted by molar-refractivity contribution is 6.09. The van der Waals surface area contributed by atoms with Gasteiger partial charge in [0.1, 0.15) is 5.75 Å². The number of hydrogen-bond acceptors (Lipinski definition) is 4. The molecule has 0 bridgehead atoms. The van der Waals surface area contributed by atoms with E-state index in [0.29, 0.717) is 11.3 Å². The summed E-state index contributed by atoms with van der Waals surface area (Å²) >= 11 is 0. The largest absolute Gasteiger partial charge is 0.497 e. The SMILES string of the molecule is COc1ccc(C(=O)NN2C(=O)[C@@H]3[C@@H](C2=O)[C@H](c2ccccc2)C=C[C@@H]3c2ccccc2)cc1. The van der Waals surface area contributed by atoms with Crippen molar-refractivity contribution in [2.24, 2.45) is 11.8 Å². The summed E-state index contributed by atoms with van der Waals surface area (Å²) in [5.74, 6) is -2.44. The molecule has 3 aromatic rings. The van der Waals surface area contributed by atoms with Crippen molar-refractivity contribution in [2.45, 2.75) is 11.8 Å². The first kappa shape index (κ1) is 21.6. The third-order valence-corrected chi connectivity index (χ3v) is 6.63. The highest BCUT2D eigenvalue weighted by atomic mass is 16.5. The molecule has 1 fully saturated rings. The summed E-state index contributed by atoms with van der Waals surface area (Å²) in [7, 11) is 1.54. The second-order valence-electron chi connectivity index (χ2n) is 8.49. The molecule has 34 heavy (non-hydrogen) atoms. The number of hydrogen-bond donors (Lipinski definition) is 1. The van der Waals surface area contributed by atoms with Crippen molar-refractivity contribution in [2.75, 3.05) is 7.11 Å². The van der Waals surface area contributed by atoms with E-state index < -0.39 is 29.6 Å². The zero-order valence-corrected chi connectivity index (χ0v) is 18.6. The van der Waals surface area contributed by atoms with Gasteiger partial charge in [0.2, 0.25) is 0 Å². The number of nitrogens with zero attached hydrogens (tertiary/aromatic N) is 1. The number of nitrogens with one attached hydrogen (secondary N) is 1. The van der Waals surface area contributed by atoms with Crippen LogP contribution in [0.15, 0.2) is 97.1 Å². The third-order valence-electron chi connectivity index (χ3n) is 6.63. The van der Waals surface area contributed by atoms with E-state index in [1.54, 1.807) is 31.4 Å². The Labute approximate surface area is 197 Å². The van der Waals surface area contributed by atoms with Crippen molar-refractivity contribution in [3.63, 3.8) is 0 Å². The highest BCUT2D eigenvalue weighted by Crippen LogP contribution is 2.48. The van der Waals surface area contributed by atoms with Gasteiger partial charge < -0.3 is 4.74 Å². The van der Waals surface area contributed by atoms with Crippen LogP contribution in [0, 0.1) is 11.8 Å². The van der Waals surface area contributed by atoms with Crippen molar-refractivity contribution < 1.29 is 19.1 Å². The van der Waals surface area contributed by atoms with Gasteiger partial charge in [-0.25, -0.2) is 0 Å². The summed E-state index contributed by atoms with van der Waals surface area (Å²) in [6, 6.07) is 25.9. The summed E-state index contributed by atoms with van der Waals surface area (Å²) in [6.07, 6.45) is 4.04. The van der Waals surface area contributed by atoms with Gasteiger partial charge in [0.25, 0.3) is 17.7 Å². The second-order valence-corrected chi connectivity index (χ2v) is 8.49. The topological polar surface area (TPSA) is 75.7 Å². The maximum atomic E-state index is 13.6. The van der Waals surface area contributed by atoms with Crippen LogP contribution in [0.25, 0.3) is 0 Å². The Morgan fingerprint density at radius 3 is 1.65 bits per heavy atom. The summed E-state index contributed by atoms with van der Waals surface area (Å²) in [5.41, 5.74) is 4.81. The van der Waals surface area contributed by atoms with Gasteiger partial charge >= 0.3 is 0 Å². The predicted octanol–water partition coefficient (Wildman–Crippen LogP) is 4.08. The molecule has 1 saturated heterocycles. The second kappa shape index (κ2) is 8.98. The van der Waals surface area contributed by atoms with Gasteiger partial charge in [0.15, 0.2) is 0 Å². The van der Waals surface area contributed by atoms with Gasteiger partial charge in [0.05, 0.1) is 18.9 Å². The lowest BCUT2D eigenvalue weighted by molar-refractivity contribution is -0.142. The van der Waals surface area contributed by atoms with Crippen molar-refractivity contribution in [1.29, 1.82) is 0 Å². The Morgan fingerprint density at radius 2 is 1.21 bits per heavy atom. The Balaban J connectivity index is 1.49. The van der Waals surface area contributed by atoms with E-state index in [4.69, 9.17) is 4.74 Å². The van der Waals surface area contributed by atoms with E-state index in [1.165, 1.54) is 0 Å². The summed E-state index contributed by atoms with van der Waals surface area (Å²) in [6.45, 7) is 0. The molecule has 3 amide bonds. The molecular formula is C28H24N2O4. The molecule has 1 aliphatic heterocycles. The lowest BCUT2D eigenvalue weighted by Crippen LogP contribution is -2.46. The molecule has 4 atom stereocenters. The van der Waals surface area contributed by atoms with E-state index in [9.17, 15) is 14.4 Å². The molecule has 0 saturated carbocycles. The quantitative estimate of drug-likeness (QED) is 0.468. The normalized spacial score (nSPS) is 23.5.